The molecule has 3 aromatic rings. The van der Waals surface area contributed by atoms with Gasteiger partial charge < -0.3 is 18.8 Å². The third-order valence-electron chi connectivity index (χ3n) is 3.39. The minimum atomic E-state index is -0.196. The van der Waals surface area contributed by atoms with Crippen molar-refractivity contribution in [2.75, 3.05) is 14.2 Å². The van der Waals surface area contributed by atoms with Crippen molar-refractivity contribution in [3.63, 3.8) is 0 Å². The molecule has 0 aliphatic carbocycles. The van der Waals surface area contributed by atoms with E-state index in [1.54, 1.807) is 54.7 Å². The predicted octanol–water partition coefficient (Wildman–Crippen LogP) is 4.41. The van der Waals surface area contributed by atoms with E-state index in [4.69, 9.17) is 13.9 Å². The first-order valence-corrected chi connectivity index (χ1v) is 8.24. The fourth-order valence-electron chi connectivity index (χ4n) is 2.20. The summed E-state index contributed by atoms with van der Waals surface area (Å²) in [6, 6.07) is 14.4. The summed E-state index contributed by atoms with van der Waals surface area (Å²) in [4.78, 5) is 15.1. The Labute approximate surface area is 144 Å². The quantitative estimate of drug-likeness (QED) is 0.665. The van der Waals surface area contributed by atoms with Crippen LogP contribution < -0.4 is 9.47 Å². The number of thiophene rings is 1. The average molecular weight is 343 g/mol. The number of methoxy groups -OCH3 is 1. The highest BCUT2D eigenvalue weighted by atomic mass is 32.1. The molecule has 24 heavy (non-hydrogen) atoms. The van der Waals surface area contributed by atoms with Crippen molar-refractivity contribution in [2.45, 2.75) is 6.54 Å². The molecule has 0 radical (unpaired) electrons. The molecule has 1 amide bonds. The molecule has 0 aliphatic heterocycles. The van der Waals surface area contributed by atoms with Gasteiger partial charge >= 0.3 is 0 Å². The second-order valence-corrected chi connectivity index (χ2v) is 6.14. The van der Waals surface area contributed by atoms with Crippen molar-refractivity contribution in [1.82, 2.24) is 4.90 Å². The smallest absolute Gasteiger partial charge is 0.290 e. The van der Waals surface area contributed by atoms with E-state index < -0.39 is 0 Å². The van der Waals surface area contributed by atoms with Gasteiger partial charge in [-0.3, -0.25) is 4.79 Å². The van der Waals surface area contributed by atoms with Crippen molar-refractivity contribution >= 4 is 17.2 Å². The SMILES string of the molecule is COc1ccccc1Oc1ccc(C(=O)N(C)Cc2cccs2)o1. The molecule has 0 saturated carbocycles. The van der Waals surface area contributed by atoms with Gasteiger partial charge in [0.1, 0.15) is 0 Å². The topological polar surface area (TPSA) is 51.9 Å². The van der Waals surface area contributed by atoms with E-state index in [2.05, 4.69) is 0 Å². The van der Waals surface area contributed by atoms with Gasteiger partial charge in [0, 0.05) is 18.0 Å². The minimum Gasteiger partial charge on any atom is -0.493 e. The van der Waals surface area contributed by atoms with Crippen LogP contribution in [0.2, 0.25) is 0 Å². The van der Waals surface area contributed by atoms with E-state index in [-0.39, 0.29) is 17.6 Å². The molecule has 2 heterocycles. The Bertz CT molecular complexity index is 810. The van der Waals surface area contributed by atoms with Gasteiger partial charge in [-0.25, -0.2) is 0 Å². The number of amides is 1. The fraction of sp³-hybridized carbons (Fsp3) is 0.167. The Morgan fingerprint density at radius 2 is 1.92 bits per heavy atom. The molecule has 124 valence electrons. The Hall–Kier alpha value is -2.73. The number of carbonyl (C=O) groups is 1. The molecule has 0 bridgehead atoms. The summed E-state index contributed by atoms with van der Waals surface area (Å²) in [5, 5.41) is 1.99. The maximum absolute atomic E-state index is 12.4. The van der Waals surface area contributed by atoms with Crippen molar-refractivity contribution in [3.8, 4) is 17.4 Å². The lowest BCUT2D eigenvalue weighted by molar-refractivity contribution is 0.0749. The molecule has 0 N–H and O–H groups in total. The highest BCUT2D eigenvalue weighted by Crippen LogP contribution is 2.32. The van der Waals surface area contributed by atoms with Gasteiger partial charge in [0.15, 0.2) is 17.3 Å². The zero-order chi connectivity index (χ0) is 16.9. The second-order valence-electron chi connectivity index (χ2n) is 5.11. The number of hydrogen-bond donors (Lipinski definition) is 0. The molecule has 6 heteroatoms. The molecule has 2 aromatic heterocycles. The summed E-state index contributed by atoms with van der Waals surface area (Å²) in [6.45, 7) is 0.542. The maximum Gasteiger partial charge on any atom is 0.290 e. The van der Waals surface area contributed by atoms with Crippen LogP contribution >= 0.6 is 11.3 Å². The number of carbonyl (C=O) groups excluding carboxylic acids is 1. The van der Waals surface area contributed by atoms with Crippen LogP contribution in [0.4, 0.5) is 0 Å². The number of benzene rings is 1. The number of para-hydroxylation sites is 2. The van der Waals surface area contributed by atoms with E-state index in [1.165, 1.54) is 0 Å². The Balaban J connectivity index is 1.69. The van der Waals surface area contributed by atoms with Crippen LogP contribution in [0.15, 0.2) is 58.3 Å². The molecule has 0 unspecified atom stereocenters. The zero-order valence-electron chi connectivity index (χ0n) is 13.4. The van der Waals surface area contributed by atoms with E-state index >= 15 is 0 Å². The standard InChI is InChI=1S/C18H17NO4S/c1-19(12-13-6-5-11-24-13)18(20)16-9-10-17(23-16)22-15-8-4-3-7-14(15)21-2/h3-11H,12H2,1-2H3. The van der Waals surface area contributed by atoms with Gasteiger partial charge in [-0.1, -0.05) is 18.2 Å². The van der Waals surface area contributed by atoms with Crippen molar-refractivity contribution in [1.29, 1.82) is 0 Å². The van der Waals surface area contributed by atoms with E-state index in [1.807, 2.05) is 29.6 Å². The summed E-state index contributed by atoms with van der Waals surface area (Å²) in [7, 11) is 3.31. The summed E-state index contributed by atoms with van der Waals surface area (Å²) in [5.41, 5.74) is 0. The summed E-state index contributed by atoms with van der Waals surface area (Å²) in [6.07, 6.45) is 0. The van der Waals surface area contributed by atoms with Crippen LogP contribution in [0.1, 0.15) is 15.4 Å². The Morgan fingerprint density at radius 1 is 1.12 bits per heavy atom. The number of furan rings is 1. The van der Waals surface area contributed by atoms with Crippen LogP contribution in [0.3, 0.4) is 0 Å². The lowest BCUT2D eigenvalue weighted by atomic mass is 10.3. The first kappa shape index (κ1) is 16.1. The van der Waals surface area contributed by atoms with Gasteiger partial charge in [0.05, 0.1) is 13.7 Å². The average Bonchev–Trinajstić information content (AvgIpc) is 3.26. The normalized spacial score (nSPS) is 10.4. The number of rotatable bonds is 6. The molecule has 0 aliphatic rings. The van der Waals surface area contributed by atoms with Gasteiger partial charge in [-0.05, 0) is 29.6 Å². The highest BCUT2D eigenvalue weighted by Gasteiger charge is 2.18. The van der Waals surface area contributed by atoms with Crippen LogP contribution in [-0.2, 0) is 6.54 Å². The Kier molecular flexibility index (Phi) is 4.86. The van der Waals surface area contributed by atoms with Crippen LogP contribution in [0.25, 0.3) is 0 Å². The van der Waals surface area contributed by atoms with Crippen molar-refractivity contribution in [3.05, 3.63) is 64.5 Å². The summed E-state index contributed by atoms with van der Waals surface area (Å²) >= 11 is 1.61. The first-order chi connectivity index (χ1) is 11.7. The third kappa shape index (κ3) is 3.60. The van der Waals surface area contributed by atoms with Gasteiger partial charge in [-0.2, -0.15) is 0 Å². The maximum atomic E-state index is 12.4. The Morgan fingerprint density at radius 3 is 2.62 bits per heavy atom. The molecular formula is C18H17NO4S. The van der Waals surface area contributed by atoms with Crippen LogP contribution in [0.5, 0.6) is 17.4 Å². The highest BCUT2D eigenvalue weighted by molar-refractivity contribution is 7.09. The monoisotopic (exact) mass is 343 g/mol. The van der Waals surface area contributed by atoms with E-state index in [0.29, 0.717) is 18.0 Å². The van der Waals surface area contributed by atoms with Gasteiger partial charge in [-0.15, -0.1) is 11.3 Å². The summed E-state index contributed by atoms with van der Waals surface area (Å²) < 4.78 is 16.4. The van der Waals surface area contributed by atoms with Crippen LogP contribution in [-0.4, -0.2) is 25.0 Å². The molecule has 0 fully saturated rings. The lowest BCUT2D eigenvalue weighted by Crippen LogP contribution is -2.25. The lowest BCUT2D eigenvalue weighted by Gasteiger charge is -2.14. The van der Waals surface area contributed by atoms with Crippen molar-refractivity contribution < 1.29 is 18.7 Å². The molecule has 0 atom stereocenters. The molecule has 3 rings (SSSR count). The van der Waals surface area contributed by atoms with E-state index in [0.717, 1.165) is 4.88 Å². The number of ether oxygens (including phenoxy) is 2. The van der Waals surface area contributed by atoms with Gasteiger partial charge in [0.25, 0.3) is 11.9 Å². The van der Waals surface area contributed by atoms with E-state index in [9.17, 15) is 4.79 Å². The van der Waals surface area contributed by atoms with Crippen molar-refractivity contribution in [2.24, 2.45) is 0 Å². The molecule has 1 aromatic carbocycles. The zero-order valence-corrected chi connectivity index (χ0v) is 14.2. The molecule has 0 spiro atoms. The van der Waals surface area contributed by atoms with Crippen LogP contribution in [0, 0.1) is 0 Å². The number of hydrogen-bond acceptors (Lipinski definition) is 5. The fourth-order valence-corrected chi connectivity index (χ4v) is 2.95. The second kappa shape index (κ2) is 7.23. The molecular weight excluding hydrogens is 326 g/mol. The largest absolute Gasteiger partial charge is 0.493 e. The minimum absolute atomic E-state index is 0.196. The number of nitrogens with zero attached hydrogens (tertiary/aromatic N) is 1. The predicted molar refractivity (Wildman–Crippen MR) is 91.9 cm³/mol. The first-order valence-electron chi connectivity index (χ1n) is 7.36. The third-order valence-corrected chi connectivity index (χ3v) is 4.25. The molecule has 0 saturated heterocycles. The summed E-state index contributed by atoms with van der Waals surface area (Å²) in [5.74, 6) is 1.40. The molecule has 5 nitrogen and oxygen atoms in total. The van der Waals surface area contributed by atoms with Gasteiger partial charge in [0.2, 0.25) is 0 Å².